The Morgan fingerprint density at radius 2 is 1.82 bits per heavy atom. The maximum absolute atomic E-state index is 13.4. The van der Waals surface area contributed by atoms with Crippen molar-refractivity contribution in [1.29, 1.82) is 4.78 Å². The quantitative estimate of drug-likeness (QED) is 0.396. The maximum Gasteiger partial charge on any atom is 0.292 e. The molecule has 0 unspecified atom stereocenters. The number of aryl methyl sites for hydroxylation is 1. The van der Waals surface area contributed by atoms with E-state index in [4.69, 9.17) is 14.9 Å². The first kappa shape index (κ1) is 21.4. The molecule has 5 rings (SSSR count). The Morgan fingerprint density at radius 3 is 2.52 bits per heavy atom. The number of hydrogen-bond acceptors (Lipinski definition) is 7. The molecule has 2 aromatic carbocycles. The molecule has 4 N–H and O–H groups in total. The molecule has 0 aliphatic carbocycles. The van der Waals surface area contributed by atoms with E-state index in [0.717, 1.165) is 35.3 Å². The third kappa shape index (κ3) is 4.42. The van der Waals surface area contributed by atoms with E-state index in [-0.39, 0.29) is 12.1 Å². The summed E-state index contributed by atoms with van der Waals surface area (Å²) in [6.45, 7) is 3.20. The molecule has 1 atom stereocenters. The lowest BCUT2D eigenvalue weighted by Gasteiger charge is -2.33. The Bertz CT molecular complexity index is 1370. The van der Waals surface area contributed by atoms with E-state index in [1.54, 1.807) is 16.4 Å². The molecule has 2 aromatic heterocycles. The van der Waals surface area contributed by atoms with Crippen LogP contribution in [0.1, 0.15) is 18.4 Å². The largest absolute Gasteiger partial charge is 0.424 e. The minimum absolute atomic E-state index is 0.139. The summed E-state index contributed by atoms with van der Waals surface area (Å²) < 4.78 is 29.1. The number of pyridine rings is 1. The molecule has 9 heteroatoms. The molecule has 1 aliphatic rings. The average molecular weight is 463 g/mol. The highest BCUT2D eigenvalue weighted by Crippen LogP contribution is 2.28. The summed E-state index contributed by atoms with van der Waals surface area (Å²) in [5.41, 5.74) is 9.98. The lowest BCUT2D eigenvalue weighted by molar-refractivity contribution is 0.341. The summed E-state index contributed by atoms with van der Waals surface area (Å²) in [4.78, 5) is 9.10. The summed E-state index contributed by atoms with van der Waals surface area (Å²) in [5.74, 6) is 0.854. The molecular weight excluding hydrogens is 436 g/mol. The van der Waals surface area contributed by atoms with E-state index < -0.39 is 9.92 Å². The molecule has 1 fully saturated rings. The van der Waals surface area contributed by atoms with Gasteiger partial charge in [0, 0.05) is 25.3 Å². The van der Waals surface area contributed by atoms with Crippen LogP contribution in [0.3, 0.4) is 0 Å². The molecule has 0 amide bonds. The zero-order valence-corrected chi connectivity index (χ0v) is 19.1. The lowest BCUT2D eigenvalue weighted by atomic mass is 10.1. The first-order chi connectivity index (χ1) is 15.9. The molecule has 3 heterocycles. The van der Waals surface area contributed by atoms with E-state index in [0.29, 0.717) is 29.1 Å². The molecule has 170 valence electrons. The zero-order valence-electron chi connectivity index (χ0n) is 18.3. The summed E-state index contributed by atoms with van der Waals surface area (Å²) in [6.07, 6.45) is 3.46. The smallest absolute Gasteiger partial charge is 0.292 e. The van der Waals surface area contributed by atoms with Crippen LogP contribution in [0.5, 0.6) is 0 Å². The number of rotatable bonds is 5. The van der Waals surface area contributed by atoms with E-state index in [9.17, 15) is 4.21 Å². The first-order valence-electron chi connectivity index (χ1n) is 10.9. The van der Waals surface area contributed by atoms with Crippen molar-refractivity contribution in [3.8, 4) is 11.1 Å². The van der Waals surface area contributed by atoms with Crippen LogP contribution in [0.25, 0.3) is 22.2 Å². The van der Waals surface area contributed by atoms with Crippen molar-refractivity contribution in [2.24, 2.45) is 0 Å². The van der Waals surface area contributed by atoms with Gasteiger partial charge in [-0.2, -0.15) is 4.98 Å². The highest BCUT2D eigenvalue weighted by Gasteiger charge is 2.27. The Hall–Kier alpha value is -3.43. The van der Waals surface area contributed by atoms with Gasteiger partial charge in [-0.3, -0.25) is 0 Å². The van der Waals surface area contributed by atoms with Crippen molar-refractivity contribution >= 4 is 32.8 Å². The number of aromatic nitrogens is 2. The van der Waals surface area contributed by atoms with E-state index >= 15 is 0 Å². The van der Waals surface area contributed by atoms with Gasteiger partial charge in [-0.25, -0.2) is 18.3 Å². The number of anilines is 2. The van der Waals surface area contributed by atoms with Crippen molar-refractivity contribution in [3.05, 3.63) is 66.4 Å². The Labute approximate surface area is 192 Å². The van der Waals surface area contributed by atoms with Crippen molar-refractivity contribution in [3.63, 3.8) is 0 Å². The minimum Gasteiger partial charge on any atom is -0.424 e. The Morgan fingerprint density at radius 1 is 1.09 bits per heavy atom. The number of nitrogens with two attached hydrogens (primary N) is 1. The summed E-state index contributed by atoms with van der Waals surface area (Å²) in [6, 6.07) is 17.4. The van der Waals surface area contributed by atoms with Gasteiger partial charge in [-0.1, -0.05) is 24.3 Å². The van der Waals surface area contributed by atoms with Crippen LogP contribution in [-0.2, 0) is 9.92 Å². The molecular formula is C24H26N6O2S. The van der Waals surface area contributed by atoms with Crippen LogP contribution in [0.15, 0.2) is 70.1 Å². The Balaban J connectivity index is 1.26. The predicted molar refractivity (Wildman–Crippen MR) is 130 cm³/mol. The van der Waals surface area contributed by atoms with Crippen molar-refractivity contribution in [1.82, 2.24) is 14.3 Å². The molecule has 4 aromatic rings. The number of piperidine rings is 1. The third-order valence-electron chi connectivity index (χ3n) is 5.99. The molecule has 33 heavy (non-hydrogen) atoms. The topological polar surface area (TPSA) is 121 Å². The van der Waals surface area contributed by atoms with Crippen molar-refractivity contribution in [2.75, 3.05) is 24.1 Å². The second-order valence-electron chi connectivity index (χ2n) is 8.35. The number of hydrogen-bond donors (Lipinski definition) is 3. The van der Waals surface area contributed by atoms with Gasteiger partial charge in [0.05, 0.1) is 4.90 Å². The zero-order chi connectivity index (χ0) is 23.0. The van der Waals surface area contributed by atoms with E-state index in [2.05, 4.69) is 15.3 Å². The van der Waals surface area contributed by atoms with Gasteiger partial charge in [-0.05, 0) is 66.8 Å². The fraction of sp³-hybridized carbons (Fsp3) is 0.250. The van der Waals surface area contributed by atoms with Crippen LogP contribution in [0.2, 0.25) is 0 Å². The average Bonchev–Trinajstić information content (AvgIpc) is 3.20. The molecule has 1 aliphatic heterocycles. The number of fused-ring (bicyclic) bond motifs is 1. The van der Waals surface area contributed by atoms with E-state index in [1.807, 2.05) is 55.6 Å². The van der Waals surface area contributed by atoms with Crippen LogP contribution in [0.4, 0.5) is 11.8 Å². The van der Waals surface area contributed by atoms with Gasteiger partial charge < -0.3 is 15.5 Å². The molecule has 1 saturated heterocycles. The second-order valence-corrected chi connectivity index (χ2v) is 10.4. The second kappa shape index (κ2) is 8.49. The van der Waals surface area contributed by atoms with Gasteiger partial charge in [0.2, 0.25) is 0 Å². The van der Waals surface area contributed by atoms with Gasteiger partial charge in [0.1, 0.15) is 21.2 Å². The standard InChI is InChI=1S/C24H26N6O2S/c1-16-2-9-23(27-15-16)28-19-10-12-30(13-11-19)33(26,31)20-6-3-17(4-7-20)18-5-8-22-21(14-18)29-24(25)32-22/h2-9,14-15,19,26H,10-13H2,1H3,(H2,25,29)(H,27,28)/t33-/m1/s1. The van der Waals surface area contributed by atoms with E-state index in [1.165, 1.54) is 0 Å². The number of benzene rings is 2. The first-order valence-corrected chi connectivity index (χ1v) is 12.4. The molecule has 8 nitrogen and oxygen atoms in total. The third-order valence-corrected chi connectivity index (χ3v) is 8.00. The summed E-state index contributed by atoms with van der Waals surface area (Å²) in [7, 11) is -3.05. The highest BCUT2D eigenvalue weighted by molar-refractivity contribution is 7.90. The molecule has 0 radical (unpaired) electrons. The molecule has 0 spiro atoms. The minimum atomic E-state index is -3.05. The van der Waals surface area contributed by atoms with Crippen molar-refractivity contribution in [2.45, 2.75) is 30.7 Å². The number of nitrogens with one attached hydrogen (secondary N) is 2. The van der Waals surface area contributed by atoms with Crippen molar-refractivity contribution < 1.29 is 8.63 Å². The summed E-state index contributed by atoms with van der Waals surface area (Å²) >= 11 is 0. The molecule has 0 saturated carbocycles. The van der Waals surface area contributed by atoms with Crippen LogP contribution in [0, 0.1) is 11.7 Å². The molecule has 0 bridgehead atoms. The number of oxazole rings is 1. The van der Waals surface area contributed by atoms with Gasteiger partial charge in [-0.15, -0.1) is 0 Å². The highest BCUT2D eigenvalue weighted by atomic mass is 32.2. The normalized spacial score (nSPS) is 17.1. The fourth-order valence-electron chi connectivity index (χ4n) is 4.13. The van der Waals surface area contributed by atoms with Gasteiger partial charge in [0.15, 0.2) is 5.58 Å². The maximum atomic E-state index is 13.4. The van der Waals surface area contributed by atoms with Crippen LogP contribution >= 0.6 is 0 Å². The predicted octanol–water partition coefficient (Wildman–Crippen LogP) is 4.68. The number of nitrogen functional groups attached to an aromatic ring is 1. The van der Waals surface area contributed by atoms with Crippen LogP contribution < -0.4 is 11.1 Å². The number of nitrogens with zero attached hydrogens (tertiary/aromatic N) is 3. The van der Waals surface area contributed by atoms with Gasteiger partial charge >= 0.3 is 0 Å². The monoisotopic (exact) mass is 462 g/mol. The SMILES string of the molecule is Cc1ccc(NC2CCN([S@@](=N)(=O)c3ccc(-c4ccc5oc(N)nc5c4)cc3)CC2)nc1. The van der Waals surface area contributed by atoms with Crippen LogP contribution in [-0.4, -0.2) is 37.6 Å². The van der Waals surface area contributed by atoms with Gasteiger partial charge in [0.25, 0.3) is 6.01 Å². The lowest BCUT2D eigenvalue weighted by Crippen LogP contribution is -2.41. The Kier molecular flexibility index (Phi) is 5.51. The summed E-state index contributed by atoms with van der Waals surface area (Å²) in [5, 5.41) is 3.45. The fourth-order valence-corrected chi connectivity index (χ4v) is 5.65.